The molecule has 18 heavy (non-hydrogen) atoms. The van der Waals surface area contributed by atoms with Gasteiger partial charge in [0.05, 0.1) is 17.3 Å². The Morgan fingerprint density at radius 1 is 1.17 bits per heavy atom. The monoisotopic (exact) mass is 241 g/mol. The zero-order valence-corrected chi connectivity index (χ0v) is 9.06. The first-order valence-corrected chi connectivity index (χ1v) is 5.12. The van der Waals surface area contributed by atoms with Crippen LogP contribution in [0.5, 0.6) is 0 Å². The van der Waals surface area contributed by atoms with Gasteiger partial charge in [-0.05, 0) is 12.1 Å². The van der Waals surface area contributed by atoms with E-state index in [4.69, 9.17) is 5.11 Å². The molecule has 0 saturated carbocycles. The molecule has 3 aromatic rings. The third kappa shape index (κ3) is 1.67. The highest BCUT2D eigenvalue weighted by Crippen LogP contribution is 2.09. The van der Waals surface area contributed by atoms with Gasteiger partial charge in [0.15, 0.2) is 0 Å². The van der Waals surface area contributed by atoms with Crippen LogP contribution in [0.1, 0.15) is 10.4 Å². The third-order valence-electron chi connectivity index (χ3n) is 2.38. The smallest absolute Gasteiger partial charge is 0.338 e. The summed E-state index contributed by atoms with van der Waals surface area (Å²) in [5, 5.41) is 20.6. The van der Waals surface area contributed by atoms with Crippen molar-refractivity contribution >= 4 is 17.0 Å². The Bertz CT molecular complexity index is 737. The molecule has 0 saturated heterocycles. The van der Waals surface area contributed by atoms with Crippen LogP contribution >= 0.6 is 0 Å². The minimum absolute atomic E-state index is 0.0757. The topological polar surface area (TPSA) is 93.8 Å². The number of hydrogen-bond donors (Lipinski definition) is 1. The van der Waals surface area contributed by atoms with E-state index in [9.17, 15) is 4.79 Å². The Labute approximate surface area is 101 Å². The highest BCUT2D eigenvalue weighted by Gasteiger charge is 2.09. The molecule has 0 spiro atoms. The lowest BCUT2D eigenvalue weighted by atomic mass is 10.3. The van der Waals surface area contributed by atoms with E-state index in [2.05, 4.69) is 20.3 Å². The molecule has 0 atom stereocenters. The number of nitrogens with zero attached hydrogens (tertiary/aromatic N) is 5. The quantitative estimate of drug-likeness (QED) is 0.716. The maximum atomic E-state index is 10.7. The standard InChI is InChI=1S/C11H7N5O2/c17-10(18)7-5-12-16(6-7)11-13-8-3-1-2-4-9(8)14-15-11/h1-6H,(H,17,18). The second-order valence-electron chi connectivity index (χ2n) is 3.58. The first-order chi connectivity index (χ1) is 8.74. The summed E-state index contributed by atoms with van der Waals surface area (Å²) in [6, 6.07) is 7.28. The lowest BCUT2D eigenvalue weighted by Crippen LogP contribution is -2.03. The molecule has 0 aliphatic rings. The van der Waals surface area contributed by atoms with Crippen LogP contribution in [0.4, 0.5) is 0 Å². The highest BCUT2D eigenvalue weighted by molar-refractivity contribution is 5.86. The number of fused-ring (bicyclic) bond motifs is 1. The summed E-state index contributed by atoms with van der Waals surface area (Å²) in [7, 11) is 0. The van der Waals surface area contributed by atoms with Crippen LogP contribution in [0.25, 0.3) is 17.0 Å². The zero-order chi connectivity index (χ0) is 12.5. The fourth-order valence-electron chi connectivity index (χ4n) is 1.51. The van der Waals surface area contributed by atoms with E-state index >= 15 is 0 Å². The van der Waals surface area contributed by atoms with E-state index in [0.717, 1.165) is 0 Å². The van der Waals surface area contributed by atoms with Gasteiger partial charge in [0, 0.05) is 6.20 Å². The fourth-order valence-corrected chi connectivity index (χ4v) is 1.51. The predicted molar refractivity (Wildman–Crippen MR) is 61.4 cm³/mol. The molecule has 0 bridgehead atoms. The molecule has 0 unspecified atom stereocenters. The van der Waals surface area contributed by atoms with E-state index in [1.54, 1.807) is 12.1 Å². The van der Waals surface area contributed by atoms with Crippen molar-refractivity contribution in [2.24, 2.45) is 0 Å². The lowest BCUT2D eigenvalue weighted by Gasteiger charge is -1.99. The summed E-state index contributed by atoms with van der Waals surface area (Å²) in [4.78, 5) is 15.0. The van der Waals surface area contributed by atoms with Crippen molar-refractivity contribution in [3.63, 3.8) is 0 Å². The first kappa shape index (κ1) is 10.3. The third-order valence-corrected chi connectivity index (χ3v) is 2.38. The lowest BCUT2D eigenvalue weighted by molar-refractivity contribution is 0.0697. The summed E-state index contributed by atoms with van der Waals surface area (Å²) in [5.74, 6) is -0.809. The van der Waals surface area contributed by atoms with Gasteiger partial charge in [-0.25, -0.2) is 14.5 Å². The number of rotatable bonds is 2. The number of para-hydroxylation sites is 1. The van der Waals surface area contributed by atoms with Gasteiger partial charge >= 0.3 is 5.97 Å². The van der Waals surface area contributed by atoms with Gasteiger partial charge in [-0.1, -0.05) is 12.1 Å². The number of benzene rings is 1. The molecule has 1 N–H and O–H groups in total. The second-order valence-corrected chi connectivity index (χ2v) is 3.58. The molecule has 2 aromatic heterocycles. The zero-order valence-electron chi connectivity index (χ0n) is 9.06. The summed E-state index contributed by atoms with van der Waals surface area (Å²) in [6.45, 7) is 0. The first-order valence-electron chi connectivity index (χ1n) is 5.12. The van der Waals surface area contributed by atoms with Crippen LogP contribution in [0, 0.1) is 0 Å². The Morgan fingerprint density at radius 2 is 1.94 bits per heavy atom. The largest absolute Gasteiger partial charge is 0.478 e. The molecular weight excluding hydrogens is 234 g/mol. The van der Waals surface area contributed by atoms with Gasteiger partial charge in [-0.15, -0.1) is 10.2 Å². The van der Waals surface area contributed by atoms with E-state index in [1.807, 2.05) is 12.1 Å². The SMILES string of the molecule is O=C(O)c1cnn(-c2nnc3ccccc3n2)c1. The maximum absolute atomic E-state index is 10.7. The molecule has 2 heterocycles. The summed E-state index contributed by atoms with van der Waals surface area (Å²) < 4.78 is 1.28. The van der Waals surface area contributed by atoms with Crippen molar-refractivity contribution < 1.29 is 9.90 Å². The highest BCUT2D eigenvalue weighted by atomic mass is 16.4. The van der Waals surface area contributed by atoms with Crippen LogP contribution in [-0.4, -0.2) is 36.0 Å². The van der Waals surface area contributed by atoms with Crippen LogP contribution in [-0.2, 0) is 0 Å². The summed E-state index contributed by atoms with van der Waals surface area (Å²) >= 11 is 0. The Morgan fingerprint density at radius 3 is 2.67 bits per heavy atom. The van der Waals surface area contributed by atoms with Gasteiger partial charge < -0.3 is 5.11 Å². The van der Waals surface area contributed by atoms with Gasteiger partial charge in [-0.2, -0.15) is 5.10 Å². The second kappa shape index (κ2) is 3.88. The number of aromatic nitrogens is 5. The number of carbonyl (C=O) groups is 1. The Balaban J connectivity index is 2.10. The van der Waals surface area contributed by atoms with E-state index < -0.39 is 5.97 Å². The van der Waals surface area contributed by atoms with Crippen molar-refractivity contribution in [3.8, 4) is 5.95 Å². The normalized spacial score (nSPS) is 10.7. The van der Waals surface area contributed by atoms with Crippen LogP contribution in [0.3, 0.4) is 0 Å². The van der Waals surface area contributed by atoms with Crippen molar-refractivity contribution in [1.29, 1.82) is 0 Å². The minimum Gasteiger partial charge on any atom is -0.478 e. The number of aromatic carboxylic acids is 1. The summed E-state index contributed by atoms with van der Waals surface area (Å²) in [6.07, 6.45) is 2.58. The van der Waals surface area contributed by atoms with Gasteiger partial charge in [0.25, 0.3) is 5.95 Å². The average Bonchev–Trinajstić information content (AvgIpc) is 2.88. The van der Waals surface area contributed by atoms with Gasteiger partial charge in [-0.3, -0.25) is 0 Å². The molecule has 0 aliphatic carbocycles. The molecule has 0 aliphatic heterocycles. The fraction of sp³-hybridized carbons (Fsp3) is 0. The van der Waals surface area contributed by atoms with E-state index in [-0.39, 0.29) is 11.5 Å². The number of hydrogen-bond acceptors (Lipinski definition) is 5. The molecule has 7 nitrogen and oxygen atoms in total. The molecule has 88 valence electrons. The minimum atomic E-state index is -1.05. The molecule has 0 fully saturated rings. The molecule has 3 rings (SSSR count). The van der Waals surface area contributed by atoms with Crippen molar-refractivity contribution in [3.05, 3.63) is 42.2 Å². The van der Waals surface area contributed by atoms with Crippen molar-refractivity contribution in [2.75, 3.05) is 0 Å². The number of carboxylic acid groups (broad SMARTS) is 1. The Hall–Kier alpha value is -2.83. The Kier molecular flexibility index (Phi) is 2.23. The van der Waals surface area contributed by atoms with E-state index in [0.29, 0.717) is 11.0 Å². The molecule has 0 amide bonds. The van der Waals surface area contributed by atoms with E-state index in [1.165, 1.54) is 17.1 Å². The molecule has 1 aromatic carbocycles. The average molecular weight is 241 g/mol. The van der Waals surface area contributed by atoms with Crippen LogP contribution in [0.15, 0.2) is 36.7 Å². The van der Waals surface area contributed by atoms with Gasteiger partial charge in [0.1, 0.15) is 5.52 Å². The summed E-state index contributed by atoms with van der Waals surface area (Å²) in [5.41, 5.74) is 1.42. The van der Waals surface area contributed by atoms with Gasteiger partial charge in [0.2, 0.25) is 0 Å². The van der Waals surface area contributed by atoms with Crippen LogP contribution < -0.4 is 0 Å². The van der Waals surface area contributed by atoms with Crippen molar-refractivity contribution in [2.45, 2.75) is 0 Å². The molecular formula is C11H7N5O2. The predicted octanol–water partition coefficient (Wildman–Crippen LogP) is 0.909. The maximum Gasteiger partial charge on any atom is 0.338 e. The molecule has 0 radical (unpaired) electrons. The van der Waals surface area contributed by atoms with Crippen LogP contribution in [0.2, 0.25) is 0 Å². The number of carboxylic acids is 1. The van der Waals surface area contributed by atoms with Crippen molar-refractivity contribution in [1.82, 2.24) is 25.0 Å². The molecule has 7 heteroatoms.